The van der Waals surface area contributed by atoms with E-state index >= 15 is 0 Å². The lowest BCUT2D eigenvalue weighted by Gasteiger charge is -2.29. The molecule has 1 fully saturated rings. The van der Waals surface area contributed by atoms with Crippen molar-refractivity contribution in [3.63, 3.8) is 0 Å². The number of aromatic nitrogens is 3. The maximum absolute atomic E-state index is 10.3. The summed E-state index contributed by atoms with van der Waals surface area (Å²) < 4.78 is 1.82. The van der Waals surface area contributed by atoms with Crippen LogP contribution in [0.15, 0.2) is 6.33 Å². The molecule has 19 heavy (non-hydrogen) atoms. The number of hydrogen-bond donors (Lipinski definition) is 2. The molecule has 2 rings (SSSR count). The smallest absolute Gasteiger partial charge is 0.138 e. The summed E-state index contributed by atoms with van der Waals surface area (Å²) in [6.07, 6.45) is 7.17. The highest BCUT2D eigenvalue weighted by Gasteiger charge is 2.28. The molecule has 1 heterocycles. The van der Waals surface area contributed by atoms with E-state index in [1.165, 1.54) is 25.6 Å². The number of hydrogen-bond acceptors (Lipinski definition) is 4. The van der Waals surface area contributed by atoms with Gasteiger partial charge in [0.1, 0.15) is 12.2 Å². The fourth-order valence-electron chi connectivity index (χ4n) is 2.94. The molecule has 1 aromatic heterocycles. The van der Waals surface area contributed by atoms with Gasteiger partial charge in [-0.3, -0.25) is 4.68 Å². The fraction of sp³-hybridized carbons (Fsp3) is 0.857. The molecule has 0 aromatic carbocycles. The normalized spacial score (nSPS) is 20.4. The fourth-order valence-corrected chi connectivity index (χ4v) is 2.94. The Bertz CT molecular complexity index is 375. The summed E-state index contributed by atoms with van der Waals surface area (Å²) in [4.78, 5) is 4.18. The van der Waals surface area contributed by atoms with E-state index in [1.807, 2.05) is 4.68 Å². The Balaban J connectivity index is 1.91. The molecule has 1 aliphatic carbocycles. The minimum atomic E-state index is -0.733. The van der Waals surface area contributed by atoms with E-state index in [-0.39, 0.29) is 5.92 Å². The van der Waals surface area contributed by atoms with Gasteiger partial charge in [-0.2, -0.15) is 5.10 Å². The van der Waals surface area contributed by atoms with E-state index in [9.17, 15) is 10.2 Å². The van der Waals surface area contributed by atoms with Crippen LogP contribution in [0.5, 0.6) is 0 Å². The Kier molecular flexibility index (Phi) is 5.34. The molecule has 2 N–H and O–H groups in total. The maximum Gasteiger partial charge on any atom is 0.138 e. The third kappa shape index (κ3) is 3.76. The van der Waals surface area contributed by atoms with Crippen molar-refractivity contribution < 1.29 is 10.2 Å². The SMILES string of the molecule is CCCn1ncnc1CC(O)C(O)C1CCCCC1. The van der Waals surface area contributed by atoms with Crippen LogP contribution in [0.25, 0.3) is 0 Å². The molecule has 0 bridgehead atoms. The van der Waals surface area contributed by atoms with Gasteiger partial charge in [-0.25, -0.2) is 4.98 Å². The molecule has 2 atom stereocenters. The highest BCUT2D eigenvalue weighted by Crippen LogP contribution is 2.28. The van der Waals surface area contributed by atoms with E-state index in [2.05, 4.69) is 17.0 Å². The molecule has 5 nitrogen and oxygen atoms in total. The number of aliphatic hydroxyl groups is 2. The second kappa shape index (κ2) is 7.01. The average Bonchev–Trinajstić information content (AvgIpc) is 2.86. The van der Waals surface area contributed by atoms with E-state index in [0.717, 1.165) is 31.6 Å². The summed E-state index contributed by atoms with van der Waals surface area (Å²) in [5.74, 6) is 1.01. The van der Waals surface area contributed by atoms with Crippen molar-refractivity contribution in [3.8, 4) is 0 Å². The quantitative estimate of drug-likeness (QED) is 0.820. The average molecular weight is 267 g/mol. The van der Waals surface area contributed by atoms with Crippen LogP contribution in [-0.2, 0) is 13.0 Å². The van der Waals surface area contributed by atoms with Gasteiger partial charge in [0.05, 0.1) is 12.2 Å². The van der Waals surface area contributed by atoms with Gasteiger partial charge < -0.3 is 10.2 Å². The van der Waals surface area contributed by atoms with Crippen LogP contribution in [0, 0.1) is 5.92 Å². The number of aliphatic hydroxyl groups excluding tert-OH is 2. The molecule has 0 saturated heterocycles. The second-order valence-corrected chi connectivity index (χ2v) is 5.56. The highest BCUT2D eigenvalue weighted by atomic mass is 16.3. The lowest BCUT2D eigenvalue weighted by molar-refractivity contribution is -0.0276. The minimum Gasteiger partial charge on any atom is -0.390 e. The van der Waals surface area contributed by atoms with E-state index in [4.69, 9.17) is 0 Å². The number of aryl methyl sites for hydroxylation is 1. The van der Waals surface area contributed by atoms with E-state index < -0.39 is 12.2 Å². The van der Waals surface area contributed by atoms with E-state index in [1.54, 1.807) is 0 Å². The topological polar surface area (TPSA) is 71.2 Å². The van der Waals surface area contributed by atoms with Crippen molar-refractivity contribution in [2.45, 2.75) is 70.6 Å². The van der Waals surface area contributed by atoms with Crippen molar-refractivity contribution in [1.29, 1.82) is 0 Å². The summed E-state index contributed by atoms with van der Waals surface area (Å²) >= 11 is 0. The number of nitrogens with zero attached hydrogens (tertiary/aromatic N) is 3. The molecule has 1 saturated carbocycles. The predicted octanol–water partition coefficient (Wildman–Crippen LogP) is 1.53. The van der Waals surface area contributed by atoms with Crippen LogP contribution < -0.4 is 0 Å². The first-order valence-electron chi connectivity index (χ1n) is 7.45. The predicted molar refractivity (Wildman–Crippen MR) is 72.6 cm³/mol. The standard InChI is InChI=1S/C14H25N3O2/c1-2-8-17-13(15-10-16-17)9-12(18)14(19)11-6-4-3-5-7-11/h10-12,14,18-19H,2-9H2,1H3. The van der Waals surface area contributed by atoms with Crippen LogP contribution in [0.3, 0.4) is 0 Å². The molecule has 0 radical (unpaired) electrons. The lowest BCUT2D eigenvalue weighted by atomic mass is 9.83. The Morgan fingerprint density at radius 3 is 2.74 bits per heavy atom. The summed E-state index contributed by atoms with van der Waals surface area (Å²) in [6, 6.07) is 0. The summed E-state index contributed by atoms with van der Waals surface area (Å²) in [5, 5.41) is 24.6. The van der Waals surface area contributed by atoms with Gasteiger partial charge in [0.2, 0.25) is 0 Å². The molecular formula is C14H25N3O2. The van der Waals surface area contributed by atoms with Crippen LogP contribution in [0.2, 0.25) is 0 Å². The third-order valence-corrected chi connectivity index (χ3v) is 4.05. The van der Waals surface area contributed by atoms with E-state index in [0.29, 0.717) is 6.42 Å². The molecule has 2 unspecified atom stereocenters. The number of rotatable bonds is 6. The molecule has 0 aliphatic heterocycles. The van der Waals surface area contributed by atoms with Crippen molar-refractivity contribution in [2.24, 2.45) is 5.92 Å². The molecule has 0 spiro atoms. The van der Waals surface area contributed by atoms with Crippen molar-refractivity contribution in [1.82, 2.24) is 14.8 Å². The summed E-state index contributed by atoms with van der Waals surface area (Å²) in [6.45, 7) is 2.89. The molecule has 1 aromatic rings. The van der Waals surface area contributed by atoms with Crippen LogP contribution in [-0.4, -0.2) is 37.2 Å². The van der Waals surface area contributed by atoms with Gasteiger partial charge in [-0.05, 0) is 25.2 Å². The van der Waals surface area contributed by atoms with Gasteiger partial charge in [-0.1, -0.05) is 26.2 Å². The zero-order valence-corrected chi connectivity index (χ0v) is 11.7. The molecule has 5 heteroatoms. The van der Waals surface area contributed by atoms with Gasteiger partial charge in [-0.15, -0.1) is 0 Å². The van der Waals surface area contributed by atoms with Crippen molar-refractivity contribution in [2.75, 3.05) is 0 Å². The van der Waals surface area contributed by atoms with Crippen LogP contribution in [0.4, 0.5) is 0 Å². The monoisotopic (exact) mass is 267 g/mol. The molecular weight excluding hydrogens is 242 g/mol. The summed E-state index contributed by atoms with van der Waals surface area (Å²) in [5.41, 5.74) is 0. The minimum absolute atomic E-state index is 0.242. The van der Waals surface area contributed by atoms with Crippen molar-refractivity contribution in [3.05, 3.63) is 12.2 Å². The van der Waals surface area contributed by atoms with Crippen molar-refractivity contribution >= 4 is 0 Å². The maximum atomic E-state index is 10.3. The highest BCUT2D eigenvalue weighted by molar-refractivity contribution is 4.91. The van der Waals surface area contributed by atoms with Crippen LogP contribution >= 0.6 is 0 Å². The molecule has 1 aliphatic rings. The Labute approximate surface area is 114 Å². The van der Waals surface area contributed by atoms with Gasteiger partial charge in [0, 0.05) is 13.0 Å². The molecule has 108 valence electrons. The largest absolute Gasteiger partial charge is 0.390 e. The lowest BCUT2D eigenvalue weighted by Crippen LogP contribution is -2.36. The van der Waals surface area contributed by atoms with Gasteiger partial charge >= 0.3 is 0 Å². The zero-order valence-electron chi connectivity index (χ0n) is 11.7. The zero-order chi connectivity index (χ0) is 13.7. The van der Waals surface area contributed by atoms with Gasteiger partial charge in [0.15, 0.2) is 0 Å². The Hall–Kier alpha value is -0.940. The third-order valence-electron chi connectivity index (χ3n) is 4.05. The van der Waals surface area contributed by atoms with Gasteiger partial charge in [0.25, 0.3) is 0 Å². The second-order valence-electron chi connectivity index (χ2n) is 5.56. The first-order chi connectivity index (χ1) is 9.22. The molecule has 0 amide bonds. The summed E-state index contributed by atoms with van der Waals surface area (Å²) in [7, 11) is 0. The Morgan fingerprint density at radius 1 is 1.32 bits per heavy atom. The van der Waals surface area contributed by atoms with Crippen LogP contribution in [0.1, 0.15) is 51.3 Å². The first-order valence-corrected chi connectivity index (χ1v) is 7.45. The first kappa shape index (κ1) is 14.5. The Morgan fingerprint density at radius 2 is 2.05 bits per heavy atom.